The third-order valence-corrected chi connectivity index (χ3v) is 4.21. The first kappa shape index (κ1) is 16.3. The van der Waals surface area contributed by atoms with Gasteiger partial charge in [-0.05, 0) is 18.1 Å². The Morgan fingerprint density at radius 3 is 2.62 bits per heavy atom. The average molecular weight is 338 g/mol. The maximum Gasteiger partial charge on any atom is 0.224 e. The van der Waals surface area contributed by atoms with Crippen LogP contribution in [0.2, 0.25) is 0 Å². The first-order valence-electron chi connectivity index (χ1n) is 7.74. The Balaban J connectivity index is 1.72. The molecule has 2 aromatic heterocycles. The minimum absolute atomic E-state index is 0.0383. The quantitative estimate of drug-likeness (QED) is 0.755. The Morgan fingerprint density at radius 2 is 1.96 bits per heavy atom. The molecular weight excluding hydrogens is 320 g/mol. The molecule has 5 nitrogen and oxygen atoms in total. The molecule has 122 valence electrons. The van der Waals surface area contributed by atoms with E-state index < -0.39 is 0 Å². The molecule has 0 aliphatic heterocycles. The van der Waals surface area contributed by atoms with Gasteiger partial charge in [0.05, 0.1) is 11.9 Å². The van der Waals surface area contributed by atoms with E-state index in [9.17, 15) is 4.79 Å². The van der Waals surface area contributed by atoms with Crippen LogP contribution in [0, 0.1) is 5.92 Å². The molecule has 0 radical (unpaired) electrons. The zero-order chi connectivity index (χ0) is 16.9. The van der Waals surface area contributed by atoms with Crippen molar-refractivity contribution >= 4 is 22.9 Å². The standard InChI is InChI=1S/C18H18N4OS/c1-12(2)9-17(23)21-14-5-3-13(4-6-14)16-11-24-18(22-16)15-10-19-7-8-20-15/h3-8,10-12H,9H2,1-2H3,(H,21,23). The van der Waals surface area contributed by atoms with E-state index in [1.807, 2.05) is 43.5 Å². The lowest BCUT2D eigenvalue weighted by molar-refractivity contribution is -0.116. The van der Waals surface area contributed by atoms with Crippen molar-refractivity contribution in [3.05, 3.63) is 48.2 Å². The molecule has 0 atom stereocenters. The summed E-state index contributed by atoms with van der Waals surface area (Å²) in [6.07, 6.45) is 5.53. The molecule has 0 aliphatic rings. The molecule has 24 heavy (non-hydrogen) atoms. The second-order valence-corrected chi connectivity index (χ2v) is 6.71. The van der Waals surface area contributed by atoms with Crippen LogP contribution in [-0.2, 0) is 4.79 Å². The topological polar surface area (TPSA) is 67.8 Å². The van der Waals surface area contributed by atoms with Gasteiger partial charge in [-0.25, -0.2) is 4.98 Å². The van der Waals surface area contributed by atoms with Crippen LogP contribution < -0.4 is 5.32 Å². The van der Waals surface area contributed by atoms with Gasteiger partial charge in [0.25, 0.3) is 0 Å². The molecule has 0 aliphatic carbocycles. The lowest BCUT2D eigenvalue weighted by Crippen LogP contribution is -2.13. The van der Waals surface area contributed by atoms with Gasteiger partial charge in [0.1, 0.15) is 10.7 Å². The van der Waals surface area contributed by atoms with E-state index in [0.29, 0.717) is 12.3 Å². The highest BCUT2D eigenvalue weighted by atomic mass is 32.1. The number of nitrogens with zero attached hydrogens (tertiary/aromatic N) is 3. The number of rotatable bonds is 5. The van der Waals surface area contributed by atoms with Crippen molar-refractivity contribution in [2.75, 3.05) is 5.32 Å². The van der Waals surface area contributed by atoms with Crippen LogP contribution in [0.4, 0.5) is 5.69 Å². The number of nitrogens with one attached hydrogen (secondary N) is 1. The minimum atomic E-state index is 0.0383. The second-order valence-electron chi connectivity index (χ2n) is 5.85. The van der Waals surface area contributed by atoms with E-state index in [1.165, 1.54) is 11.3 Å². The monoisotopic (exact) mass is 338 g/mol. The largest absolute Gasteiger partial charge is 0.326 e. The van der Waals surface area contributed by atoms with Crippen LogP contribution in [0.1, 0.15) is 20.3 Å². The summed E-state index contributed by atoms with van der Waals surface area (Å²) >= 11 is 1.54. The maximum absolute atomic E-state index is 11.8. The van der Waals surface area contributed by atoms with Crippen LogP contribution in [0.5, 0.6) is 0 Å². The summed E-state index contributed by atoms with van der Waals surface area (Å²) in [4.78, 5) is 24.7. The van der Waals surface area contributed by atoms with E-state index in [4.69, 9.17) is 0 Å². The van der Waals surface area contributed by atoms with Crippen LogP contribution in [0.15, 0.2) is 48.2 Å². The SMILES string of the molecule is CC(C)CC(=O)Nc1ccc(-c2csc(-c3cnccn3)n2)cc1. The van der Waals surface area contributed by atoms with Crippen molar-refractivity contribution in [2.45, 2.75) is 20.3 Å². The van der Waals surface area contributed by atoms with Gasteiger partial charge in [-0.1, -0.05) is 26.0 Å². The molecule has 1 aromatic carbocycles. The zero-order valence-corrected chi connectivity index (χ0v) is 14.4. The molecule has 0 unspecified atom stereocenters. The lowest BCUT2D eigenvalue weighted by Gasteiger charge is -2.07. The van der Waals surface area contributed by atoms with Gasteiger partial charge in [-0.15, -0.1) is 11.3 Å². The number of hydrogen-bond donors (Lipinski definition) is 1. The molecule has 0 saturated heterocycles. The van der Waals surface area contributed by atoms with Gasteiger partial charge in [0.15, 0.2) is 0 Å². The highest BCUT2D eigenvalue weighted by Gasteiger charge is 2.09. The van der Waals surface area contributed by atoms with Crippen molar-refractivity contribution in [2.24, 2.45) is 5.92 Å². The molecule has 1 amide bonds. The maximum atomic E-state index is 11.8. The fourth-order valence-corrected chi connectivity index (χ4v) is 3.03. The van der Waals surface area contributed by atoms with Gasteiger partial charge in [-0.2, -0.15) is 0 Å². The van der Waals surface area contributed by atoms with Crippen molar-refractivity contribution in [3.8, 4) is 22.0 Å². The summed E-state index contributed by atoms with van der Waals surface area (Å²) in [5.41, 5.74) is 3.46. The zero-order valence-electron chi connectivity index (χ0n) is 13.6. The van der Waals surface area contributed by atoms with Crippen LogP contribution in [0.3, 0.4) is 0 Å². The van der Waals surface area contributed by atoms with Crippen molar-refractivity contribution < 1.29 is 4.79 Å². The van der Waals surface area contributed by atoms with Gasteiger partial charge < -0.3 is 5.32 Å². The summed E-state index contributed by atoms with van der Waals surface area (Å²) in [5, 5.41) is 5.74. The lowest BCUT2D eigenvalue weighted by atomic mass is 10.1. The fourth-order valence-electron chi connectivity index (χ4n) is 2.24. The van der Waals surface area contributed by atoms with E-state index in [-0.39, 0.29) is 5.91 Å². The molecule has 0 fully saturated rings. The number of carbonyl (C=O) groups is 1. The summed E-state index contributed by atoms with van der Waals surface area (Å²) in [7, 11) is 0. The molecule has 0 bridgehead atoms. The van der Waals surface area contributed by atoms with Crippen molar-refractivity contribution in [1.82, 2.24) is 15.0 Å². The third-order valence-electron chi connectivity index (χ3n) is 3.34. The van der Waals surface area contributed by atoms with Gasteiger partial charge >= 0.3 is 0 Å². The highest BCUT2D eigenvalue weighted by Crippen LogP contribution is 2.28. The number of aromatic nitrogens is 3. The number of thiazole rings is 1. The first-order chi connectivity index (χ1) is 11.6. The molecule has 3 aromatic rings. The van der Waals surface area contributed by atoms with E-state index in [0.717, 1.165) is 27.6 Å². The Hall–Kier alpha value is -2.60. The fraction of sp³-hybridized carbons (Fsp3) is 0.222. The molecule has 6 heteroatoms. The number of benzene rings is 1. The molecule has 3 rings (SSSR count). The predicted octanol–water partition coefficient (Wildman–Crippen LogP) is 4.25. The van der Waals surface area contributed by atoms with Crippen molar-refractivity contribution in [3.63, 3.8) is 0 Å². The summed E-state index contributed by atoms with van der Waals surface area (Å²) in [5.74, 6) is 0.384. The van der Waals surface area contributed by atoms with Gasteiger partial charge in [0.2, 0.25) is 5.91 Å². The molecule has 0 spiro atoms. The number of amides is 1. The van der Waals surface area contributed by atoms with E-state index in [1.54, 1.807) is 18.6 Å². The first-order valence-corrected chi connectivity index (χ1v) is 8.62. The van der Waals surface area contributed by atoms with Crippen LogP contribution in [-0.4, -0.2) is 20.9 Å². The average Bonchev–Trinajstić information content (AvgIpc) is 3.05. The molecule has 1 N–H and O–H groups in total. The smallest absolute Gasteiger partial charge is 0.224 e. The Bertz CT molecular complexity index is 813. The minimum Gasteiger partial charge on any atom is -0.326 e. The van der Waals surface area contributed by atoms with Crippen LogP contribution in [0.25, 0.3) is 22.0 Å². The molecule has 2 heterocycles. The number of carbonyl (C=O) groups excluding carboxylic acids is 1. The third kappa shape index (κ3) is 4.02. The Labute approximate surface area is 144 Å². The Kier molecular flexibility index (Phi) is 4.96. The Morgan fingerprint density at radius 1 is 1.17 bits per heavy atom. The van der Waals surface area contributed by atoms with Crippen LogP contribution >= 0.6 is 11.3 Å². The van der Waals surface area contributed by atoms with Crippen molar-refractivity contribution in [1.29, 1.82) is 0 Å². The van der Waals surface area contributed by atoms with E-state index in [2.05, 4.69) is 20.3 Å². The summed E-state index contributed by atoms with van der Waals surface area (Å²) in [6.45, 7) is 4.05. The number of anilines is 1. The van der Waals surface area contributed by atoms with Gasteiger partial charge in [0, 0.05) is 35.4 Å². The summed E-state index contributed by atoms with van der Waals surface area (Å²) < 4.78 is 0. The molecular formula is C18H18N4OS. The van der Waals surface area contributed by atoms with Gasteiger partial charge in [-0.3, -0.25) is 14.8 Å². The van der Waals surface area contributed by atoms with E-state index >= 15 is 0 Å². The highest BCUT2D eigenvalue weighted by molar-refractivity contribution is 7.13. The normalized spacial score (nSPS) is 10.8. The molecule has 0 saturated carbocycles. The predicted molar refractivity (Wildman–Crippen MR) is 96.7 cm³/mol. The summed E-state index contributed by atoms with van der Waals surface area (Å²) in [6, 6.07) is 7.71. The number of hydrogen-bond acceptors (Lipinski definition) is 5. The second kappa shape index (κ2) is 7.31.